The first-order valence-electron chi connectivity index (χ1n) is 14.4. The smallest absolute Gasteiger partial charge is 0.340 e. The molecule has 0 saturated carbocycles. The van der Waals surface area contributed by atoms with E-state index in [1.54, 1.807) is 25.6 Å². The fourth-order valence-corrected chi connectivity index (χ4v) is 6.97. The first-order valence-corrected chi connectivity index (χ1v) is 15.2. The lowest BCUT2D eigenvalue weighted by molar-refractivity contribution is 0.0524. The van der Waals surface area contributed by atoms with Gasteiger partial charge in [0, 0.05) is 42.0 Å². The topological polar surface area (TPSA) is 64.1 Å². The second-order valence-corrected chi connectivity index (χ2v) is 11.3. The minimum atomic E-state index is -0.338. The van der Waals surface area contributed by atoms with E-state index in [-0.39, 0.29) is 5.97 Å². The maximum Gasteiger partial charge on any atom is 0.340 e. The van der Waals surface area contributed by atoms with Gasteiger partial charge in [-0.3, -0.25) is 9.80 Å². The Bertz CT molecular complexity index is 1510. The summed E-state index contributed by atoms with van der Waals surface area (Å²) in [5, 5.41) is 1.06. The number of methoxy groups -OCH3 is 2. The van der Waals surface area contributed by atoms with Crippen LogP contribution in [0, 0.1) is 0 Å². The number of carbonyl (C=O) groups is 1. The van der Waals surface area contributed by atoms with E-state index in [9.17, 15) is 4.79 Å². The van der Waals surface area contributed by atoms with Crippen molar-refractivity contribution < 1.29 is 19.0 Å². The summed E-state index contributed by atoms with van der Waals surface area (Å²) in [6.45, 7) is 11.4. The highest BCUT2D eigenvalue weighted by atomic mass is 32.1. The lowest BCUT2D eigenvalue weighted by Gasteiger charge is -2.27. The van der Waals surface area contributed by atoms with Crippen LogP contribution < -0.4 is 9.47 Å². The van der Waals surface area contributed by atoms with Crippen molar-refractivity contribution >= 4 is 27.5 Å². The van der Waals surface area contributed by atoms with Gasteiger partial charge in [0.25, 0.3) is 0 Å². The molecule has 0 fully saturated rings. The van der Waals surface area contributed by atoms with E-state index in [0.29, 0.717) is 30.2 Å². The molecule has 0 saturated heterocycles. The van der Waals surface area contributed by atoms with E-state index in [1.807, 2.05) is 25.1 Å². The van der Waals surface area contributed by atoms with Crippen LogP contribution in [0.3, 0.4) is 0 Å². The van der Waals surface area contributed by atoms with Crippen LogP contribution in [0.5, 0.6) is 11.5 Å². The molecule has 8 heteroatoms. The van der Waals surface area contributed by atoms with Crippen LogP contribution in [-0.2, 0) is 30.8 Å². The number of fused-ring (bicyclic) bond motifs is 3. The van der Waals surface area contributed by atoms with Crippen molar-refractivity contribution in [2.45, 2.75) is 46.8 Å². The number of thiophene rings is 1. The van der Waals surface area contributed by atoms with Crippen molar-refractivity contribution in [1.82, 2.24) is 14.8 Å². The van der Waals surface area contributed by atoms with Crippen LogP contribution in [0.25, 0.3) is 21.3 Å². The number of aromatic nitrogens is 1. The summed E-state index contributed by atoms with van der Waals surface area (Å²) in [7, 11) is 3.26. The van der Waals surface area contributed by atoms with Crippen LogP contribution in [0.2, 0.25) is 0 Å². The molecule has 5 rings (SSSR count). The molecule has 216 valence electrons. The van der Waals surface area contributed by atoms with Gasteiger partial charge in [0.2, 0.25) is 0 Å². The van der Waals surface area contributed by atoms with E-state index in [0.717, 1.165) is 66.2 Å². The van der Waals surface area contributed by atoms with Crippen molar-refractivity contribution in [3.05, 3.63) is 75.8 Å². The third-order valence-corrected chi connectivity index (χ3v) is 8.92. The Labute approximate surface area is 246 Å². The van der Waals surface area contributed by atoms with Gasteiger partial charge >= 0.3 is 5.97 Å². The fraction of sp³-hybridized carbons (Fsp3) is 0.394. The zero-order valence-electron chi connectivity index (χ0n) is 24.7. The minimum Gasteiger partial charge on any atom is -0.493 e. The second kappa shape index (κ2) is 13.0. The Morgan fingerprint density at radius 1 is 1.02 bits per heavy atom. The van der Waals surface area contributed by atoms with Gasteiger partial charge in [-0.15, -0.1) is 11.3 Å². The van der Waals surface area contributed by atoms with Gasteiger partial charge in [0.1, 0.15) is 4.83 Å². The van der Waals surface area contributed by atoms with Crippen molar-refractivity contribution in [3.63, 3.8) is 0 Å². The largest absolute Gasteiger partial charge is 0.493 e. The highest BCUT2D eigenvalue weighted by Crippen LogP contribution is 2.44. The number of ether oxygens (including phenoxy) is 3. The standard InChI is InChI=1S/C33H39N3O4S/c1-6-35(7-2)20-25-31(33(37)40-8-3)29(23-14-15-26(38-4)27(18-23)39-5)30-24-16-17-36(19-22-12-10-9-11-13-22)21-28(24)41-32(30)34-25/h9-15,18H,6-8,16-17,19-21H2,1-5H3. The summed E-state index contributed by atoms with van der Waals surface area (Å²) in [4.78, 5) is 26.0. The van der Waals surface area contributed by atoms with Gasteiger partial charge < -0.3 is 14.2 Å². The maximum absolute atomic E-state index is 13.7. The second-order valence-electron chi connectivity index (χ2n) is 10.2. The molecule has 0 unspecified atom stereocenters. The van der Waals surface area contributed by atoms with E-state index in [4.69, 9.17) is 19.2 Å². The third-order valence-electron chi connectivity index (χ3n) is 7.81. The summed E-state index contributed by atoms with van der Waals surface area (Å²) in [5.74, 6) is 0.926. The van der Waals surface area contributed by atoms with Crippen LogP contribution in [0.1, 0.15) is 52.8 Å². The number of rotatable bonds is 11. The number of nitrogens with zero attached hydrogens (tertiary/aromatic N) is 3. The molecule has 0 N–H and O–H groups in total. The molecule has 4 aromatic rings. The summed E-state index contributed by atoms with van der Waals surface area (Å²) >= 11 is 1.75. The van der Waals surface area contributed by atoms with Gasteiger partial charge in [0.05, 0.1) is 32.1 Å². The Morgan fingerprint density at radius 3 is 2.46 bits per heavy atom. The fourth-order valence-electron chi connectivity index (χ4n) is 5.68. The van der Waals surface area contributed by atoms with Gasteiger partial charge in [0.15, 0.2) is 11.5 Å². The molecular weight excluding hydrogens is 534 g/mol. The predicted octanol–water partition coefficient (Wildman–Crippen LogP) is 6.56. The highest BCUT2D eigenvalue weighted by molar-refractivity contribution is 7.19. The minimum absolute atomic E-state index is 0.295. The van der Waals surface area contributed by atoms with Crippen LogP contribution in [-0.4, -0.2) is 61.2 Å². The summed E-state index contributed by atoms with van der Waals surface area (Å²) in [5.41, 5.74) is 5.67. The van der Waals surface area contributed by atoms with Crippen LogP contribution in [0.15, 0.2) is 48.5 Å². The molecule has 1 aliphatic heterocycles. The molecule has 1 aliphatic rings. The molecule has 2 aromatic heterocycles. The monoisotopic (exact) mass is 573 g/mol. The maximum atomic E-state index is 13.7. The van der Waals surface area contributed by atoms with Crippen molar-refractivity contribution in [1.29, 1.82) is 0 Å². The zero-order chi connectivity index (χ0) is 28.9. The molecule has 2 aromatic carbocycles. The average Bonchev–Trinajstić information content (AvgIpc) is 3.36. The lowest BCUT2D eigenvalue weighted by Crippen LogP contribution is -2.29. The first kappa shape index (κ1) is 29.0. The SMILES string of the molecule is CCOC(=O)c1c(CN(CC)CC)nc2sc3c(c2c1-c1ccc(OC)c(OC)c1)CCN(Cc1ccccc1)C3. The molecule has 0 bridgehead atoms. The Balaban J connectivity index is 1.72. The first-order chi connectivity index (χ1) is 20.0. The highest BCUT2D eigenvalue weighted by Gasteiger charge is 2.30. The average molecular weight is 574 g/mol. The number of carbonyl (C=O) groups excluding carboxylic acids is 1. The van der Waals surface area contributed by atoms with Crippen LogP contribution >= 0.6 is 11.3 Å². The molecule has 41 heavy (non-hydrogen) atoms. The number of esters is 1. The van der Waals surface area contributed by atoms with E-state index in [2.05, 4.69) is 54.0 Å². The zero-order valence-corrected chi connectivity index (χ0v) is 25.5. The van der Waals surface area contributed by atoms with Gasteiger partial charge in [-0.1, -0.05) is 50.2 Å². The molecule has 0 radical (unpaired) electrons. The van der Waals surface area contributed by atoms with Crippen molar-refractivity contribution in [2.24, 2.45) is 0 Å². The summed E-state index contributed by atoms with van der Waals surface area (Å²) in [6, 6.07) is 16.5. The molecule has 0 atom stereocenters. The summed E-state index contributed by atoms with van der Waals surface area (Å²) < 4.78 is 16.9. The molecular formula is C33H39N3O4S. The number of hydrogen-bond donors (Lipinski definition) is 0. The molecule has 0 spiro atoms. The Kier molecular flexibility index (Phi) is 9.22. The van der Waals surface area contributed by atoms with Gasteiger partial charge in [-0.05, 0) is 55.3 Å². The quantitative estimate of drug-likeness (QED) is 0.188. The van der Waals surface area contributed by atoms with E-state index in [1.165, 1.54) is 16.0 Å². The molecule has 0 aliphatic carbocycles. The van der Waals surface area contributed by atoms with Crippen molar-refractivity contribution in [2.75, 3.05) is 40.5 Å². The number of benzene rings is 2. The lowest BCUT2D eigenvalue weighted by atomic mass is 9.91. The Morgan fingerprint density at radius 2 is 1.78 bits per heavy atom. The predicted molar refractivity (Wildman–Crippen MR) is 165 cm³/mol. The van der Waals surface area contributed by atoms with Crippen LogP contribution in [0.4, 0.5) is 0 Å². The summed E-state index contributed by atoms with van der Waals surface area (Å²) in [6.07, 6.45) is 0.891. The van der Waals surface area contributed by atoms with Gasteiger partial charge in [-0.2, -0.15) is 0 Å². The van der Waals surface area contributed by atoms with E-state index >= 15 is 0 Å². The van der Waals surface area contributed by atoms with E-state index < -0.39 is 0 Å². The Hall–Kier alpha value is -3.46. The van der Waals surface area contributed by atoms with Crippen molar-refractivity contribution in [3.8, 4) is 22.6 Å². The molecule has 0 amide bonds. The molecule has 7 nitrogen and oxygen atoms in total. The van der Waals surface area contributed by atoms with Gasteiger partial charge in [-0.25, -0.2) is 9.78 Å². The third kappa shape index (κ3) is 5.96. The number of hydrogen-bond acceptors (Lipinski definition) is 8. The molecule has 3 heterocycles. The normalized spacial score (nSPS) is 13.4. The number of pyridine rings is 1.